The van der Waals surface area contributed by atoms with E-state index in [-0.39, 0.29) is 12.5 Å². The van der Waals surface area contributed by atoms with Gasteiger partial charge in [0, 0.05) is 6.07 Å². The molecule has 1 unspecified atom stereocenters. The third kappa shape index (κ3) is 2.49. The van der Waals surface area contributed by atoms with Crippen molar-refractivity contribution in [3.8, 4) is 0 Å². The molecule has 0 bridgehead atoms. The molecular formula is C12H15N3O4. The van der Waals surface area contributed by atoms with Crippen LogP contribution in [0.15, 0.2) is 10.6 Å². The summed E-state index contributed by atoms with van der Waals surface area (Å²) in [6.07, 6.45) is 0. The van der Waals surface area contributed by atoms with Crippen LogP contribution in [0.4, 0.5) is 4.79 Å². The van der Waals surface area contributed by atoms with Crippen LogP contribution >= 0.6 is 0 Å². The summed E-state index contributed by atoms with van der Waals surface area (Å²) in [4.78, 5) is 36.5. The van der Waals surface area contributed by atoms with Crippen LogP contribution in [0.2, 0.25) is 0 Å². The number of aryl methyl sites for hydroxylation is 1. The largest absolute Gasteiger partial charge is 0.361 e. The second-order valence-corrected chi connectivity index (χ2v) is 4.87. The number of carbonyl (C=O) groups excluding carboxylic acids is 3. The van der Waals surface area contributed by atoms with Crippen molar-refractivity contribution in [1.82, 2.24) is 15.4 Å². The molecule has 0 radical (unpaired) electrons. The van der Waals surface area contributed by atoms with Crippen LogP contribution in [-0.2, 0) is 16.1 Å². The van der Waals surface area contributed by atoms with Gasteiger partial charge in [0.1, 0.15) is 17.4 Å². The Morgan fingerprint density at radius 2 is 2.11 bits per heavy atom. The number of nitrogens with zero attached hydrogens (tertiary/aromatic N) is 2. The molecule has 1 aliphatic heterocycles. The molecule has 4 amide bonds. The quantitative estimate of drug-likeness (QED) is 0.817. The summed E-state index contributed by atoms with van der Waals surface area (Å²) in [5.41, 5.74) is 0.470. The van der Waals surface area contributed by atoms with Gasteiger partial charge in [-0.2, -0.15) is 0 Å². The number of carbonyl (C=O) groups is 3. The standard InChI is InChI=1S/C12H15N3O4/c1-6(2)9-10(16)13-12(18)15(11(9)17)5-8-4-7(3)19-14-8/h4,6,9H,5H2,1-3H3,(H,13,16,18). The molecule has 19 heavy (non-hydrogen) atoms. The van der Waals surface area contributed by atoms with Gasteiger partial charge in [0.05, 0.1) is 6.54 Å². The van der Waals surface area contributed by atoms with E-state index in [2.05, 4.69) is 10.5 Å². The Bertz CT molecular complexity index is 535. The Kier molecular flexibility index (Phi) is 3.37. The normalized spacial score (nSPS) is 20.1. The average molecular weight is 265 g/mol. The molecule has 1 atom stereocenters. The number of imide groups is 2. The maximum absolute atomic E-state index is 12.2. The summed E-state index contributed by atoms with van der Waals surface area (Å²) < 4.78 is 4.89. The van der Waals surface area contributed by atoms with Gasteiger partial charge in [-0.25, -0.2) is 4.79 Å². The summed E-state index contributed by atoms with van der Waals surface area (Å²) in [5.74, 6) is -1.47. The van der Waals surface area contributed by atoms with Gasteiger partial charge < -0.3 is 4.52 Å². The highest BCUT2D eigenvalue weighted by Gasteiger charge is 2.42. The van der Waals surface area contributed by atoms with Gasteiger partial charge in [-0.05, 0) is 12.8 Å². The molecule has 2 heterocycles. The predicted molar refractivity (Wildman–Crippen MR) is 63.7 cm³/mol. The van der Waals surface area contributed by atoms with E-state index in [0.29, 0.717) is 11.5 Å². The molecule has 7 nitrogen and oxygen atoms in total. The summed E-state index contributed by atoms with van der Waals surface area (Å²) in [6, 6.07) is 0.925. The van der Waals surface area contributed by atoms with E-state index in [1.54, 1.807) is 26.8 Å². The van der Waals surface area contributed by atoms with Crippen LogP contribution < -0.4 is 5.32 Å². The van der Waals surface area contributed by atoms with Crippen molar-refractivity contribution in [2.75, 3.05) is 0 Å². The Hall–Kier alpha value is -2.18. The average Bonchev–Trinajstić information content (AvgIpc) is 2.69. The molecule has 2 rings (SSSR count). The van der Waals surface area contributed by atoms with Crippen molar-refractivity contribution in [1.29, 1.82) is 0 Å². The van der Waals surface area contributed by atoms with Gasteiger partial charge in [0.25, 0.3) is 0 Å². The lowest BCUT2D eigenvalue weighted by Gasteiger charge is -2.31. The number of aromatic nitrogens is 1. The van der Waals surface area contributed by atoms with Crippen molar-refractivity contribution in [2.24, 2.45) is 11.8 Å². The van der Waals surface area contributed by atoms with Crippen molar-refractivity contribution >= 4 is 17.8 Å². The van der Waals surface area contributed by atoms with Crippen molar-refractivity contribution in [3.63, 3.8) is 0 Å². The topological polar surface area (TPSA) is 92.5 Å². The van der Waals surface area contributed by atoms with Gasteiger partial charge in [0.2, 0.25) is 11.8 Å². The molecule has 0 saturated carbocycles. The van der Waals surface area contributed by atoms with Crippen molar-refractivity contribution in [2.45, 2.75) is 27.3 Å². The Morgan fingerprint density at radius 3 is 2.63 bits per heavy atom. The molecule has 1 N–H and O–H groups in total. The molecule has 7 heteroatoms. The zero-order chi connectivity index (χ0) is 14.2. The van der Waals surface area contributed by atoms with E-state index < -0.39 is 23.8 Å². The molecule has 1 fully saturated rings. The van der Waals surface area contributed by atoms with E-state index in [0.717, 1.165) is 4.90 Å². The first-order valence-corrected chi connectivity index (χ1v) is 5.98. The molecule has 1 saturated heterocycles. The molecule has 0 aromatic carbocycles. The summed E-state index contributed by atoms with van der Waals surface area (Å²) in [7, 11) is 0. The highest BCUT2D eigenvalue weighted by atomic mass is 16.5. The van der Waals surface area contributed by atoms with Gasteiger partial charge in [0.15, 0.2) is 0 Å². The zero-order valence-electron chi connectivity index (χ0n) is 11.0. The van der Waals surface area contributed by atoms with Crippen LogP contribution in [0.3, 0.4) is 0 Å². The first-order valence-electron chi connectivity index (χ1n) is 5.98. The third-order valence-corrected chi connectivity index (χ3v) is 2.95. The summed E-state index contributed by atoms with van der Waals surface area (Å²) >= 11 is 0. The second-order valence-electron chi connectivity index (χ2n) is 4.87. The van der Waals surface area contributed by atoms with E-state index >= 15 is 0 Å². The maximum Gasteiger partial charge on any atom is 0.331 e. The number of barbiturate groups is 1. The number of rotatable bonds is 3. The van der Waals surface area contributed by atoms with E-state index in [1.165, 1.54) is 0 Å². The SMILES string of the molecule is Cc1cc(CN2C(=O)NC(=O)C(C(C)C)C2=O)no1. The fourth-order valence-corrected chi connectivity index (χ4v) is 2.02. The molecule has 1 aromatic rings. The Balaban J connectivity index is 2.21. The highest BCUT2D eigenvalue weighted by molar-refractivity contribution is 6.16. The van der Waals surface area contributed by atoms with E-state index in [9.17, 15) is 14.4 Å². The van der Waals surface area contributed by atoms with Gasteiger partial charge in [-0.15, -0.1) is 0 Å². The minimum Gasteiger partial charge on any atom is -0.361 e. The minimum absolute atomic E-state index is 0.00148. The monoisotopic (exact) mass is 265 g/mol. The smallest absolute Gasteiger partial charge is 0.331 e. The Morgan fingerprint density at radius 1 is 1.42 bits per heavy atom. The van der Waals surface area contributed by atoms with E-state index in [1.807, 2.05) is 0 Å². The number of urea groups is 1. The van der Waals surface area contributed by atoms with Gasteiger partial charge in [-0.1, -0.05) is 19.0 Å². The fraction of sp³-hybridized carbons (Fsp3) is 0.500. The number of hydrogen-bond acceptors (Lipinski definition) is 5. The first-order chi connectivity index (χ1) is 8.90. The zero-order valence-corrected chi connectivity index (χ0v) is 11.0. The predicted octanol–water partition coefficient (Wildman–Crippen LogP) is 0.834. The van der Waals surface area contributed by atoms with Crippen molar-refractivity contribution in [3.05, 3.63) is 17.5 Å². The summed E-state index contributed by atoms with van der Waals surface area (Å²) in [5, 5.41) is 5.92. The second kappa shape index (κ2) is 4.83. The van der Waals surface area contributed by atoms with Crippen molar-refractivity contribution < 1.29 is 18.9 Å². The lowest BCUT2D eigenvalue weighted by Crippen LogP contribution is -2.58. The number of hydrogen-bond donors (Lipinski definition) is 1. The summed E-state index contributed by atoms with van der Waals surface area (Å²) in [6.45, 7) is 5.24. The Labute approximate surface area is 109 Å². The molecule has 0 spiro atoms. The van der Waals surface area contributed by atoms with Gasteiger partial charge >= 0.3 is 6.03 Å². The first kappa shape index (κ1) is 13.3. The lowest BCUT2D eigenvalue weighted by molar-refractivity contribution is -0.144. The minimum atomic E-state index is -0.842. The van der Waals surface area contributed by atoms with E-state index in [4.69, 9.17) is 4.52 Å². The lowest BCUT2D eigenvalue weighted by atomic mass is 9.92. The van der Waals surface area contributed by atoms with Crippen LogP contribution in [0.1, 0.15) is 25.3 Å². The molecule has 0 aliphatic carbocycles. The fourth-order valence-electron chi connectivity index (χ4n) is 2.02. The van der Waals surface area contributed by atoms with Crippen LogP contribution in [0, 0.1) is 18.8 Å². The molecule has 102 valence electrons. The molecular weight excluding hydrogens is 250 g/mol. The third-order valence-electron chi connectivity index (χ3n) is 2.95. The number of amides is 4. The highest BCUT2D eigenvalue weighted by Crippen LogP contribution is 2.20. The molecule has 1 aliphatic rings. The van der Waals surface area contributed by atoms with Crippen LogP contribution in [0.5, 0.6) is 0 Å². The van der Waals surface area contributed by atoms with Crippen LogP contribution in [-0.4, -0.2) is 27.9 Å². The molecule has 1 aromatic heterocycles. The number of nitrogens with one attached hydrogen (secondary N) is 1. The van der Waals surface area contributed by atoms with Crippen LogP contribution in [0.25, 0.3) is 0 Å². The van der Waals surface area contributed by atoms with Gasteiger partial charge in [-0.3, -0.25) is 19.8 Å². The maximum atomic E-state index is 12.2.